The van der Waals surface area contributed by atoms with Crippen LogP contribution in [-0.2, 0) is 7.05 Å². The molecule has 0 aliphatic carbocycles. The molecule has 0 unspecified atom stereocenters. The molecule has 0 spiro atoms. The summed E-state index contributed by atoms with van der Waals surface area (Å²) in [5.74, 6) is -0.119. The van der Waals surface area contributed by atoms with Gasteiger partial charge in [0.05, 0.1) is 5.69 Å². The third kappa shape index (κ3) is 1.60. The van der Waals surface area contributed by atoms with Gasteiger partial charge in [-0.2, -0.15) is 5.10 Å². The standard InChI is InChI=1S/C11H12FN3O/c1-6-3-7(8(12)4-10(6)16)9-5-11(13)15(2)14-9/h3-5,16H,13H2,1-2H3. The van der Waals surface area contributed by atoms with Gasteiger partial charge < -0.3 is 10.8 Å². The summed E-state index contributed by atoms with van der Waals surface area (Å²) in [5, 5.41) is 13.4. The summed E-state index contributed by atoms with van der Waals surface area (Å²) in [4.78, 5) is 0. The van der Waals surface area contributed by atoms with Gasteiger partial charge >= 0.3 is 0 Å². The van der Waals surface area contributed by atoms with E-state index in [9.17, 15) is 9.50 Å². The lowest BCUT2D eigenvalue weighted by Gasteiger charge is -2.03. The van der Waals surface area contributed by atoms with E-state index in [1.807, 2.05) is 0 Å². The van der Waals surface area contributed by atoms with E-state index in [0.29, 0.717) is 22.6 Å². The smallest absolute Gasteiger partial charge is 0.136 e. The number of nitrogen functional groups attached to an aromatic ring is 1. The van der Waals surface area contributed by atoms with Crippen LogP contribution >= 0.6 is 0 Å². The molecule has 0 saturated heterocycles. The van der Waals surface area contributed by atoms with Gasteiger partial charge in [-0.05, 0) is 18.6 Å². The second-order valence-corrected chi connectivity index (χ2v) is 3.70. The van der Waals surface area contributed by atoms with Crippen LogP contribution in [0.3, 0.4) is 0 Å². The molecule has 0 atom stereocenters. The lowest BCUT2D eigenvalue weighted by molar-refractivity contribution is 0.465. The van der Waals surface area contributed by atoms with Gasteiger partial charge in [0, 0.05) is 24.7 Å². The fourth-order valence-corrected chi connectivity index (χ4v) is 1.48. The van der Waals surface area contributed by atoms with Gasteiger partial charge in [0.25, 0.3) is 0 Å². The summed E-state index contributed by atoms with van der Waals surface area (Å²) in [6.07, 6.45) is 0. The molecule has 1 aromatic heterocycles. The Kier molecular flexibility index (Phi) is 2.30. The maximum atomic E-state index is 13.6. The van der Waals surface area contributed by atoms with Crippen molar-refractivity contribution in [3.8, 4) is 17.0 Å². The highest BCUT2D eigenvalue weighted by Crippen LogP contribution is 2.28. The molecule has 1 aromatic carbocycles. The molecule has 1 heterocycles. The first-order valence-electron chi connectivity index (χ1n) is 4.78. The number of aromatic hydroxyl groups is 1. The Labute approximate surface area is 92.1 Å². The average Bonchev–Trinajstić information content (AvgIpc) is 2.53. The molecule has 0 aliphatic heterocycles. The van der Waals surface area contributed by atoms with Crippen LogP contribution in [0.2, 0.25) is 0 Å². The molecule has 5 heteroatoms. The SMILES string of the molecule is Cc1cc(-c2cc(N)n(C)n2)c(F)cc1O. The van der Waals surface area contributed by atoms with Gasteiger partial charge in [0.15, 0.2) is 0 Å². The van der Waals surface area contributed by atoms with Crippen LogP contribution in [-0.4, -0.2) is 14.9 Å². The van der Waals surface area contributed by atoms with E-state index in [-0.39, 0.29) is 5.75 Å². The van der Waals surface area contributed by atoms with Crippen molar-refractivity contribution in [2.75, 3.05) is 5.73 Å². The highest BCUT2D eigenvalue weighted by Gasteiger charge is 2.12. The lowest BCUT2D eigenvalue weighted by Crippen LogP contribution is -1.96. The fourth-order valence-electron chi connectivity index (χ4n) is 1.48. The molecule has 0 radical (unpaired) electrons. The maximum Gasteiger partial charge on any atom is 0.136 e. The Morgan fingerprint density at radius 3 is 2.62 bits per heavy atom. The predicted octanol–water partition coefficient (Wildman–Crippen LogP) is 1.82. The van der Waals surface area contributed by atoms with Crippen LogP contribution in [0, 0.1) is 12.7 Å². The monoisotopic (exact) mass is 221 g/mol. The van der Waals surface area contributed by atoms with Crippen molar-refractivity contribution >= 4 is 5.82 Å². The molecule has 0 fully saturated rings. The Hall–Kier alpha value is -2.04. The normalized spacial score (nSPS) is 10.7. The largest absolute Gasteiger partial charge is 0.508 e. The molecule has 16 heavy (non-hydrogen) atoms. The summed E-state index contributed by atoms with van der Waals surface area (Å²) in [6, 6.07) is 4.22. The Bertz CT molecular complexity index is 529. The number of phenolic OH excluding ortho intramolecular Hbond substituents is 1. The Balaban J connectivity index is 2.60. The maximum absolute atomic E-state index is 13.6. The van der Waals surface area contributed by atoms with E-state index in [4.69, 9.17) is 5.73 Å². The number of aryl methyl sites for hydroxylation is 2. The van der Waals surface area contributed by atoms with E-state index in [2.05, 4.69) is 5.10 Å². The quantitative estimate of drug-likeness (QED) is 0.772. The number of nitrogens with two attached hydrogens (primary N) is 1. The van der Waals surface area contributed by atoms with Crippen molar-refractivity contribution in [3.05, 3.63) is 29.6 Å². The lowest BCUT2D eigenvalue weighted by atomic mass is 10.1. The minimum atomic E-state index is -0.513. The number of hydrogen-bond acceptors (Lipinski definition) is 3. The molecular formula is C11H12FN3O. The van der Waals surface area contributed by atoms with Crippen LogP contribution in [0.15, 0.2) is 18.2 Å². The van der Waals surface area contributed by atoms with Crippen molar-refractivity contribution in [3.63, 3.8) is 0 Å². The number of rotatable bonds is 1. The summed E-state index contributed by atoms with van der Waals surface area (Å²) in [7, 11) is 1.68. The van der Waals surface area contributed by atoms with Crippen molar-refractivity contribution < 1.29 is 9.50 Å². The molecular weight excluding hydrogens is 209 g/mol. The zero-order valence-corrected chi connectivity index (χ0v) is 9.03. The van der Waals surface area contributed by atoms with Gasteiger partial charge in [0.1, 0.15) is 17.4 Å². The zero-order chi connectivity index (χ0) is 11.9. The number of nitrogens with zero attached hydrogens (tertiary/aromatic N) is 2. The molecule has 2 rings (SSSR count). The molecule has 0 amide bonds. The number of phenols is 1. The minimum Gasteiger partial charge on any atom is -0.508 e. The van der Waals surface area contributed by atoms with Crippen molar-refractivity contribution in [2.24, 2.45) is 7.05 Å². The van der Waals surface area contributed by atoms with E-state index in [1.54, 1.807) is 26.1 Å². The second-order valence-electron chi connectivity index (χ2n) is 3.70. The van der Waals surface area contributed by atoms with Crippen molar-refractivity contribution in [2.45, 2.75) is 6.92 Å². The van der Waals surface area contributed by atoms with Crippen LogP contribution in [0.1, 0.15) is 5.56 Å². The van der Waals surface area contributed by atoms with Crippen LogP contribution in [0.5, 0.6) is 5.75 Å². The van der Waals surface area contributed by atoms with Gasteiger partial charge in [0.2, 0.25) is 0 Å². The molecule has 4 nitrogen and oxygen atoms in total. The molecule has 2 aromatic rings. The topological polar surface area (TPSA) is 64.1 Å². The Morgan fingerprint density at radius 1 is 1.38 bits per heavy atom. The number of halogens is 1. The molecule has 0 saturated carbocycles. The van der Waals surface area contributed by atoms with Crippen molar-refractivity contribution in [1.29, 1.82) is 0 Å². The molecule has 84 valence electrons. The highest BCUT2D eigenvalue weighted by molar-refractivity contribution is 5.65. The molecule has 0 aliphatic rings. The minimum absolute atomic E-state index is 0.0647. The van der Waals surface area contributed by atoms with Gasteiger partial charge in [-0.15, -0.1) is 0 Å². The average molecular weight is 221 g/mol. The zero-order valence-electron chi connectivity index (χ0n) is 9.03. The van der Waals surface area contributed by atoms with E-state index in [0.717, 1.165) is 6.07 Å². The summed E-state index contributed by atoms with van der Waals surface area (Å²) < 4.78 is 15.1. The molecule has 0 bridgehead atoms. The van der Waals surface area contributed by atoms with E-state index in [1.165, 1.54) is 4.68 Å². The van der Waals surface area contributed by atoms with E-state index >= 15 is 0 Å². The third-order valence-electron chi connectivity index (χ3n) is 2.48. The van der Waals surface area contributed by atoms with E-state index < -0.39 is 5.82 Å². The number of anilines is 1. The molecule has 3 N–H and O–H groups in total. The van der Waals surface area contributed by atoms with Crippen LogP contribution in [0.4, 0.5) is 10.2 Å². The van der Waals surface area contributed by atoms with Crippen LogP contribution < -0.4 is 5.73 Å². The summed E-state index contributed by atoms with van der Waals surface area (Å²) in [6.45, 7) is 1.70. The van der Waals surface area contributed by atoms with Gasteiger partial charge in [-0.1, -0.05) is 0 Å². The fraction of sp³-hybridized carbons (Fsp3) is 0.182. The van der Waals surface area contributed by atoms with Gasteiger partial charge in [-0.3, -0.25) is 4.68 Å². The second kappa shape index (κ2) is 3.52. The number of aromatic nitrogens is 2. The van der Waals surface area contributed by atoms with Crippen molar-refractivity contribution in [1.82, 2.24) is 9.78 Å². The van der Waals surface area contributed by atoms with Gasteiger partial charge in [-0.25, -0.2) is 4.39 Å². The Morgan fingerprint density at radius 2 is 2.06 bits per heavy atom. The first-order chi connectivity index (χ1) is 7.49. The first kappa shape index (κ1) is 10.5. The number of hydrogen-bond donors (Lipinski definition) is 2. The predicted molar refractivity (Wildman–Crippen MR) is 59.4 cm³/mol. The first-order valence-corrected chi connectivity index (χ1v) is 4.78. The third-order valence-corrected chi connectivity index (χ3v) is 2.48. The van der Waals surface area contributed by atoms with Crippen LogP contribution in [0.25, 0.3) is 11.3 Å². The number of benzene rings is 1. The summed E-state index contributed by atoms with van der Waals surface area (Å²) in [5.41, 5.74) is 7.02. The summed E-state index contributed by atoms with van der Waals surface area (Å²) >= 11 is 0. The highest BCUT2D eigenvalue weighted by atomic mass is 19.1.